The number of fused-ring (bicyclic) bond motifs is 2. The molecule has 2 unspecified atom stereocenters. The molecule has 5 rings (SSSR count). The Morgan fingerprint density at radius 1 is 1.15 bits per heavy atom. The minimum Gasteiger partial charge on any atom is -0.487 e. The first-order valence-electron chi connectivity index (χ1n) is 11.8. The number of nitrogens with one attached hydrogen (secondary N) is 1. The van der Waals surface area contributed by atoms with Gasteiger partial charge in [-0.25, -0.2) is 13.1 Å². The van der Waals surface area contributed by atoms with Gasteiger partial charge in [-0.05, 0) is 68.4 Å². The Bertz CT molecular complexity index is 1210. The number of rotatable bonds is 3. The van der Waals surface area contributed by atoms with E-state index in [1.165, 1.54) is 17.4 Å². The fraction of sp³-hybridized carbons (Fsp3) is 0.500. The van der Waals surface area contributed by atoms with E-state index in [2.05, 4.69) is 21.8 Å². The third kappa shape index (κ3) is 4.65. The van der Waals surface area contributed by atoms with Gasteiger partial charge in [-0.3, -0.25) is 4.90 Å². The summed E-state index contributed by atoms with van der Waals surface area (Å²) >= 11 is 0. The predicted molar refractivity (Wildman–Crippen MR) is 128 cm³/mol. The highest BCUT2D eigenvalue weighted by atomic mass is 32.2. The fourth-order valence-corrected chi connectivity index (χ4v) is 6.60. The third-order valence-electron chi connectivity index (χ3n) is 7.56. The molecular formula is C26H31N3O3S. The highest BCUT2D eigenvalue weighted by molar-refractivity contribution is 7.88. The van der Waals surface area contributed by atoms with Gasteiger partial charge in [0.2, 0.25) is 10.0 Å². The first kappa shape index (κ1) is 22.4. The van der Waals surface area contributed by atoms with Crippen LogP contribution in [0.5, 0.6) is 5.75 Å². The summed E-state index contributed by atoms with van der Waals surface area (Å²) in [5.74, 6) is 0.807. The highest BCUT2D eigenvalue weighted by Crippen LogP contribution is 2.45. The SMILES string of the molecule is Cc1ccc2c(c1)C(NS(C)(=O)=O)CC1(CCN(C3CCc4cc(C#N)ccc4C3)CC1)O2. The molecule has 2 atom stereocenters. The molecule has 1 N–H and O–H groups in total. The fourth-order valence-electron chi connectivity index (χ4n) is 5.87. The Hall–Kier alpha value is -2.40. The van der Waals surface area contributed by atoms with Gasteiger partial charge in [-0.2, -0.15) is 5.26 Å². The molecule has 1 saturated heterocycles. The van der Waals surface area contributed by atoms with E-state index in [-0.39, 0.29) is 11.6 Å². The number of benzene rings is 2. The minimum atomic E-state index is -3.33. The van der Waals surface area contributed by atoms with E-state index in [1.54, 1.807) is 0 Å². The summed E-state index contributed by atoms with van der Waals surface area (Å²) in [7, 11) is -3.33. The molecular weight excluding hydrogens is 434 g/mol. The van der Waals surface area contributed by atoms with Gasteiger partial charge in [0, 0.05) is 31.1 Å². The van der Waals surface area contributed by atoms with Crippen LogP contribution in [-0.2, 0) is 22.9 Å². The molecule has 7 heteroatoms. The molecule has 2 aromatic rings. The van der Waals surface area contributed by atoms with E-state index < -0.39 is 10.0 Å². The Morgan fingerprint density at radius 3 is 2.67 bits per heavy atom. The molecule has 2 aliphatic heterocycles. The number of likely N-dealkylation sites (tertiary alicyclic amines) is 1. The molecule has 0 amide bonds. The Kier molecular flexibility index (Phi) is 5.72. The zero-order valence-electron chi connectivity index (χ0n) is 19.3. The van der Waals surface area contributed by atoms with E-state index in [0.717, 1.165) is 67.6 Å². The summed E-state index contributed by atoms with van der Waals surface area (Å²) in [6, 6.07) is 14.6. The molecule has 2 heterocycles. The van der Waals surface area contributed by atoms with Crippen molar-refractivity contribution < 1.29 is 13.2 Å². The number of nitrogens with zero attached hydrogens (tertiary/aromatic N) is 2. The van der Waals surface area contributed by atoms with Crippen LogP contribution in [0.25, 0.3) is 0 Å². The standard InChI is InChI=1S/C26H31N3O3S/c1-18-3-8-25-23(13-18)24(28-33(2,30)31)16-26(32-25)9-11-29(12-10-26)22-7-6-20-14-19(17-27)4-5-21(20)15-22/h3-5,8,13-14,22,24,28H,6-7,9-12,15-16H2,1-2H3. The summed E-state index contributed by atoms with van der Waals surface area (Å²) in [4.78, 5) is 2.58. The summed E-state index contributed by atoms with van der Waals surface area (Å²) < 4.78 is 33.6. The van der Waals surface area contributed by atoms with Crippen molar-refractivity contribution in [2.75, 3.05) is 19.3 Å². The Labute approximate surface area is 196 Å². The van der Waals surface area contributed by atoms with Gasteiger partial charge in [0.05, 0.1) is 23.9 Å². The zero-order valence-corrected chi connectivity index (χ0v) is 20.1. The number of piperidine rings is 1. The van der Waals surface area contributed by atoms with Gasteiger partial charge in [0.15, 0.2) is 0 Å². The lowest BCUT2D eigenvalue weighted by Crippen LogP contribution is -2.54. The van der Waals surface area contributed by atoms with Gasteiger partial charge in [-0.15, -0.1) is 0 Å². The molecule has 2 aromatic carbocycles. The lowest BCUT2D eigenvalue weighted by molar-refractivity contribution is -0.0336. The van der Waals surface area contributed by atoms with Crippen LogP contribution in [-0.4, -0.2) is 44.3 Å². The van der Waals surface area contributed by atoms with Crippen LogP contribution in [0.4, 0.5) is 0 Å². The first-order valence-corrected chi connectivity index (χ1v) is 13.7. The second-order valence-electron chi connectivity index (χ2n) is 10.0. The zero-order chi connectivity index (χ0) is 23.2. The van der Waals surface area contributed by atoms with Crippen molar-refractivity contribution in [3.63, 3.8) is 0 Å². The smallest absolute Gasteiger partial charge is 0.209 e. The van der Waals surface area contributed by atoms with Crippen molar-refractivity contribution >= 4 is 10.0 Å². The molecule has 1 spiro atoms. The molecule has 0 radical (unpaired) electrons. The maximum absolute atomic E-state index is 12.1. The second kappa shape index (κ2) is 8.43. The van der Waals surface area contributed by atoms with Gasteiger partial charge in [-0.1, -0.05) is 23.8 Å². The maximum Gasteiger partial charge on any atom is 0.209 e. The summed E-state index contributed by atoms with van der Waals surface area (Å²) in [5, 5.41) is 9.16. The van der Waals surface area contributed by atoms with Gasteiger partial charge in [0.1, 0.15) is 11.4 Å². The van der Waals surface area contributed by atoms with Crippen molar-refractivity contribution in [3.8, 4) is 11.8 Å². The molecule has 0 aromatic heterocycles. The quantitative estimate of drug-likeness (QED) is 0.749. The average molecular weight is 466 g/mol. The topological polar surface area (TPSA) is 82.4 Å². The summed E-state index contributed by atoms with van der Waals surface area (Å²) in [6.45, 7) is 3.91. The lowest BCUT2D eigenvalue weighted by Gasteiger charge is -2.49. The van der Waals surface area contributed by atoms with Crippen LogP contribution >= 0.6 is 0 Å². The van der Waals surface area contributed by atoms with Crippen molar-refractivity contribution in [2.24, 2.45) is 0 Å². The van der Waals surface area contributed by atoms with E-state index in [9.17, 15) is 8.42 Å². The van der Waals surface area contributed by atoms with E-state index >= 15 is 0 Å². The molecule has 33 heavy (non-hydrogen) atoms. The van der Waals surface area contributed by atoms with Crippen LogP contribution in [0, 0.1) is 18.3 Å². The Morgan fingerprint density at radius 2 is 1.94 bits per heavy atom. The number of hydrogen-bond donors (Lipinski definition) is 1. The van der Waals surface area contributed by atoms with Crippen LogP contribution in [0.15, 0.2) is 36.4 Å². The van der Waals surface area contributed by atoms with E-state index in [1.807, 2.05) is 37.3 Å². The predicted octanol–water partition coefficient (Wildman–Crippen LogP) is 3.63. The molecule has 1 fully saturated rings. The van der Waals surface area contributed by atoms with Crippen LogP contribution in [0.2, 0.25) is 0 Å². The van der Waals surface area contributed by atoms with Gasteiger partial charge >= 0.3 is 0 Å². The number of hydrogen-bond acceptors (Lipinski definition) is 5. The second-order valence-corrected chi connectivity index (χ2v) is 11.8. The van der Waals surface area contributed by atoms with Gasteiger partial charge < -0.3 is 4.74 Å². The number of ether oxygens (including phenoxy) is 1. The van der Waals surface area contributed by atoms with Crippen molar-refractivity contribution in [1.29, 1.82) is 5.26 Å². The number of aryl methyl sites for hydroxylation is 2. The Balaban J connectivity index is 1.30. The largest absolute Gasteiger partial charge is 0.487 e. The van der Waals surface area contributed by atoms with Crippen LogP contribution in [0.3, 0.4) is 0 Å². The average Bonchev–Trinajstić information content (AvgIpc) is 2.78. The molecule has 0 bridgehead atoms. The van der Waals surface area contributed by atoms with E-state index in [0.29, 0.717) is 12.5 Å². The molecule has 3 aliphatic rings. The van der Waals surface area contributed by atoms with Crippen molar-refractivity contribution in [2.45, 2.75) is 63.1 Å². The van der Waals surface area contributed by atoms with Crippen molar-refractivity contribution in [3.05, 3.63) is 64.2 Å². The van der Waals surface area contributed by atoms with Gasteiger partial charge in [0.25, 0.3) is 0 Å². The summed E-state index contributed by atoms with van der Waals surface area (Å²) in [6.07, 6.45) is 6.81. The highest BCUT2D eigenvalue weighted by Gasteiger charge is 2.45. The summed E-state index contributed by atoms with van der Waals surface area (Å²) in [5.41, 5.74) is 5.12. The first-order chi connectivity index (χ1) is 15.7. The number of nitriles is 1. The normalized spacial score (nSPS) is 24.4. The lowest BCUT2D eigenvalue weighted by atomic mass is 9.79. The van der Waals surface area contributed by atoms with Crippen LogP contribution < -0.4 is 9.46 Å². The molecule has 0 saturated carbocycles. The number of sulfonamides is 1. The third-order valence-corrected chi connectivity index (χ3v) is 8.28. The maximum atomic E-state index is 12.1. The van der Waals surface area contributed by atoms with E-state index in [4.69, 9.17) is 10.00 Å². The minimum absolute atomic E-state index is 0.258. The van der Waals surface area contributed by atoms with Crippen molar-refractivity contribution in [1.82, 2.24) is 9.62 Å². The monoisotopic (exact) mass is 465 g/mol. The van der Waals surface area contributed by atoms with Crippen LogP contribution in [0.1, 0.15) is 59.5 Å². The molecule has 1 aliphatic carbocycles. The molecule has 174 valence electrons. The molecule has 6 nitrogen and oxygen atoms in total.